The van der Waals surface area contributed by atoms with E-state index in [1.54, 1.807) is 12.1 Å². The number of hydrogen-bond donors (Lipinski definition) is 0. The van der Waals surface area contributed by atoms with Crippen molar-refractivity contribution in [3.05, 3.63) is 39.7 Å². The maximum absolute atomic E-state index is 10.6. The Morgan fingerprint density at radius 2 is 2.08 bits per heavy atom. The molecule has 0 unspecified atom stereocenters. The van der Waals surface area contributed by atoms with E-state index in [0.717, 1.165) is 15.4 Å². The van der Waals surface area contributed by atoms with E-state index < -0.39 is 9.05 Å². The Balaban J connectivity index is 2.93. The largest absolute Gasteiger partial charge is 0.254 e. The van der Waals surface area contributed by atoms with Gasteiger partial charge in [-0.2, -0.15) is 0 Å². The molecule has 0 aliphatic heterocycles. The quantitative estimate of drug-likeness (QED) is 0.781. The van der Waals surface area contributed by atoms with Crippen LogP contribution in [0.4, 0.5) is 0 Å². The van der Waals surface area contributed by atoms with Crippen molar-refractivity contribution in [1.82, 2.24) is 0 Å². The predicted octanol–water partition coefficient (Wildman–Crippen LogP) is 2.99. The smallest absolute Gasteiger partial charge is 0.208 e. The summed E-state index contributed by atoms with van der Waals surface area (Å²) >= 11 is 3.27. The topological polar surface area (TPSA) is 34.1 Å². The van der Waals surface area contributed by atoms with Crippen LogP contribution in [0.1, 0.15) is 5.56 Å². The fourth-order valence-corrected chi connectivity index (χ4v) is 1.66. The minimum Gasteiger partial charge on any atom is -0.208 e. The molecule has 0 aliphatic carbocycles. The van der Waals surface area contributed by atoms with Gasteiger partial charge in [0.2, 0.25) is 0 Å². The average Bonchev–Trinajstić information content (AvgIpc) is 2.00. The van der Waals surface area contributed by atoms with E-state index in [4.69, 9.17) is 10.7 Å². The van der Waals surface area contributed by atoms with Gasteiger partial charge in [-0.15, -0.1) is 0 Å². The lowest BCUT2D eigenvalue weighted by Gasteiger charge is -1.92. The van der Waals surface area contributed by atoms with Crippen LogP contribution in [0.5, 0.6) is 0 Å². The normalized spacial score (nSPS) is 12.2. The molecule has 0 saturated carbocycles. The van der Waals surface area contributed by atoms with Gasteiger partial charge in [-0.3, -0.25) is 0 Å². The van der Waals surface area contributed by atoms with Crippen molar-refractivity contribution < 1.29 is 8.42 Å². The molecule has 0 radical (unpaired) electrons. The predicted molar refractivity (Wildman–Crippen MR) is 57.9 cm³/mol. The molecule has 0 aromatic heterocycles. The molecular formula is C8H6BrClO2S. The number of rotatable bonds is 2. The maximum Gasteiger partial charge on any atom is 0.254 e. The Kier molecular flexibility index (Phi) is 3.53. The molecule has 0 N–H and O–H groups in total. The van der Waals surface area contributed by atoms with E-state index in [-0.39, 0.29) is 0 Å². The molecule has 70 valence electrons. The highest BCUT2D eigenvalue weighted by Crippen LogP contribution is 2.13. The minimum atomic E-state index is -3.56. The van der Waals surface area contributed by atoms with E-state index in [1.165, 1.54) is 6.08 Å². The Labute approximate surface area is 89.8 Å². The lowest BCUT2D eigenvalue weighted by atomic mass is 10.2. The molecule has 2 nitrogen and oxygen atoms in total. The van der Waals surface area contributed by atoms with Gasteiger partial charge in [-0.1, -0.05) is 28.1 Å². The highest BCUT2D eigenvalue weighted by atomic mass is 79.9. The fraction of sp³-hybridized carbons (Fsp3) is 0. The van der Waals surface area contributed by atoms with Crippen LogP contribution in [0.3, 0.4) is 0 Å². The van der Waals surface area contributed by atoms with Crippen LogP contribution >= 0.6 is 26.6 Å². The SMILES string of the molecule is O=S(=O)(Cl)C=Cc1cccc(Br)c1. The molecule has 0 heterocycles. The van der Waals surface area contributed by atoms with Crippen molar-refractivity contribution in [3.8, 4) is 0 Å². The monoisotopic (exact) mass is 280 g/mol. The molecule has 1 rings (SSSR count). The van der Waals surface area contributed by atoms with Crippen molar-refractivity contribution >= 4 is 41.7 Å². The summed E-state index contributed by atoms with van der Waals surface area (Å²) in [5.41, 5.74) is 0.776. The van der Waals surface area contributed by atoms with Crippen LogP contribution in [0.15, 0.2) is 34.1 Å². The van der Waals surface area contributed by atoms with Gasteiger partial charge < -0.3 is 0 Å². The first-order valence-corrected chi connectivity index (χ1v) is 6.52. The summed E-state index contributed by atoms with van der Waals surface area (Å²) in [4.78, 5) is 0. The van der Waals surface area contributed by atoms with Crippen LogP contribution in [-0.2, 0) is 9.05 Å². The Morgan fingerprint density at radius 1 is 1.38 bits per heavy atom. The fourth-order valence-electron chi connectivity index (χ4n) is 0.770. The zero-order chi connectivity index (χ0) is 9.90. The van der Waals surface area contributed by atoms with E-state index in [9.17, 15) is 8.42 Å². The van der Waals surface area contributed by atoms with Crippen LogP contribution in [-0.4, -0.2) is 8.42 Å². The zero-order valence-corrected chi connectivity index (χ0v) is 9.60. The van der Waals surface area contributed by atoms with E-state index >= 15 is 0 Å². The maximum atomic E-state index is 10.6. The molecule has 0 saturated heterocycles. The molecule has 1 aromatic rings. The van der Waals surface area contributed by atoms with Gasteiger partial charge in [0.05, 0.1) is 0 Å². The van der Waals surface area contributed by atoms with Gasteiger partial charge in [-0.25, -0.2) is 8.42 Å². The van der Waals surface area contributed by atoms with Crippen molar-refractivity contribution in [2.45, 2.75) is 0 Å². The van der Waals surface area contributed by atoms with E-state index in [2.05, 4.69) is 15.9 Å². The summed E-state index contributed by atoms with van der Waals surface area (Å²) < 4.78 is 22.0. The average molecular weight is 282 g/mol. The minimum absolute atomic E-state index is 0.776. The second kappa shape index (κ2) is 4.26. The molecule has 0 bridgehead atoms. The summed E-state index contributed by atoms with van der Waals surface area (Å²) in [6.45, 7) is 0. The van der Waals surface area contributed by atoms with Crippen LogP contribution in [0.2, 0.25) is 0 Å². The van der Waals surface area contributed by atoms with Crippen LogP contribution < -0.4 is 0 Å². The van der Waals surface area contributed by atoms with Gasteiger partial charge in [-0.05, 0) is 23.8 Å². The van der Waals surface area contributed by atoms with Crippen molar-refractivity contribution in [3.63, 3.8) is 0 Å². The lowest BCUT2D eigenvalue weighted by Crippen LogP contribution is -1.79. The molecule has 1 aromatic carbocycles. The number of hydrogen-bond acceptors (Lipinski definition) is 2. The molecule has 0 aliphatic rings. The molecular weight excluding hydrogens is 276 g/mol. The summed E-state index contributed by atoms with van der Waals surface area (Å²) in [6.07, 6.45) is 1.44. The van der Waals surface area contributed by atoms with Crippen molar-refractivity contribution in [1.29, 1.82) is 0 Å². The summed E-state index contributed by atoms with van der Waals surface area (Å²) in [7, 11) is 1.44. The van der Waals surface area contributed by atoms with Gasteiger partial charge in [0, 0.05) is 20.6 Å². The van der Waals surface area contributed by atoms with Crippen LogP contribution in [0.25, 0.3) is 6.08 Å². The molecule has 5 heteroatoms. The highest BCUT2D eigenvalue weighted by molar-refractivity contribution is 9.10. The zero-order valence-electron chi connectivity index (χ0n) is 6.44. The summed E-state index contributed by atoms with van der Waals surface area (Å²) in [5, 5.41) is 0.955. The third kappa shape index (κ3) is 4.45. The third-order valence-corrected chi connectivity index (χ3v) is 2.53. The van der Waals surface area contributed by atoms with Gasteiger partial charge >= 0.3 is 0 Å². The first-order valence-electron chi connectivity index (χ1n) is 3.36. The Hall–Kier alpha value is -0.320. The standard InChI is InChI=1S/C8H6BrClO2S/c9-8-3-1-2-7(6-8)4-5-13(10,11)12/h1-6H. The lowest BCUT2D eigenvalue weighted by molar-refractivity contribution is 0.617. The van der Waals surface area contributed by atoms with Crippen LogP contribution in [0, 0.1) is 0 Å². The van der Waals surface area contributed by atoms with Gasteiger partial charge in [0.15, 0.2) is 0 Å². The van der Waals surface area contributed by atoms with Gasteiger partial charge in [0.25, 0.3) is 9.05 Å². The molecule has 13 heavy (non-hydrogen) atoms. The second-order valence-electron chi connectivity index (χ2n) is 2.33. The first-order chi connectivity index (χ1) is 5.97. The van der Waals surface area contributed by atoms with Crippen molar-refractivity contribution in [2.75, 3.05) is 0 Å². The molecule has 0 spiro atoms. The van der Waals surface area contributed by atoms with E-state index in [1.807, 2.05) is 12.1 Å². The molecule has 0 amide bonds. The highest BCUT2D eigenvalue weighted by Gasteiger charge is 1.96. The number of benzene rings is 1. The second-order valence-corrected chi connectivity index (χ2v) is 5.76. The van der Waals surface area contributed by atoms with Gasteiger partial charge in [0.1, 0.15) is 0 Å². The van der Waals surface area contributed by atoms with E-state index in [0.29, 0.717) is 0 Å². The Morgan fingerprint density at radius 3 is 2.62 bits per heavy atom. The molecule has 0 atom stereocenters. The van der Waals surface area contributed by atoms with Crippen molar-refractivity contribution in [2.24, 2.45) is 0 Å². The third-order valence-electron chi connectivity index (χ3n) is 1.27. The molecule has 0 fully saturated rings. The first kappa shape index (κ1) is 10.8. The summed E-state index contributed by atoms with van der Waals surface area (Å²) in [6, 6.07) is 7.24. The summed E-state index contributed by atoms with van der Waals surface area (Å²) in [5.74, 6) is 0. The Bertz CT molecular complexity index is 426. The number of halogens is 2.